The highest BCUT2D eigenvalue weighted by atomic mass is 16.4. The standard InChI is InChI=1S/C16H28N2O3/c1-12-3-2-4-14(12)11-17-16(21)18-9-7-13(8-10-18)5-6-15(19)20/h12-14H,2-11H2,1H3,(H,17,21)(H,19,20). The van der Waals surface area contributed by atoms with Crippen molar-refractivity contribution >= 4 is 12.0 Å². The number of nitrogens with one attached hydrogen (secondary N) is 1. The summed E-state index contributed by atoms with van der Waals surface area (Å²) in [6.07, 6.45) is 6.66. The minimum Gasteiger partial charge on any atom is -0.481 e. The Balaban J connectivity index is 1.64. The number of amides is 2. The summed E-state index contributed by atoms with van der Waals surface area (Å²) in [5.74, 6) is 1.11. The molecule has 1 saturated carbocycles. The van der Waals surface area contributed by atoms with Crippen molar-refractivity contribution in [3.05, 3.63) is 0 Å². The molecule has 2 unspecified atom stereocenters. The van der Waals surface area contributed by atoms with E-state index in [0.29, 0.717) is 11.8 Å². The molecule has 1 heterocycles. The van der Waals surface area contributed by atoms with Gasteiger partial charge in [0.2, 0.25) is 0 Å². The zero-order valence-electron chi connectivity index (χ0n) is 13.0. The molecule has 0 aromatic heterocycles. The minimum atomic E-state index is -0.721. The van der Waals surface area contributed by atoms with Crippen LogP contribution in [0.3, 0.4) is 0 Å². The van der Waals surface area contributed by atoms with E-state index in [-0.39, 0.29) is 12.5 Å². The fourth-order valence-electron chi connectivity index (χ4n) is 3.61. The number of carboxylic acids is 1. The molecule has 1 aliphatic heterocycles. The molecule has 2 atom stereocenters. The quantitative estimate of drug-likeness (QED) is 0.819. The first-order valence-electron chi connectivity index (χ1n) is 8.31. The van der Waals surface area contributed by atoms with Gasteiger partial charge < -0.3 is 15.3 Å². The Hall–Kier alpha value is -1.26. The normalized spacial score (nSPS) is 26.8. The fraction of sp³-hybridized carbons (Fsp3) is 0.875. The molecule has 0 radical (unpaired) electrons. The van der Waals surface area contributed by atoms with Crippen LogP contribution < -0.4 is 5.32 Å². The van der Waals surface area contributed by atoms with Gasteiger partial charge in [-0.2, -0.15) is 0 Å². The number of urea groups is 1. The van der Waals surface area contributed by atoms with Crippen LogP contribution in [0.25, 0.3) is 0 Å². The monoisotopic (exact) mass is 296 g/mol. The second kappa shape index (κ2) is 7.66. The predicted octanol–water partition coefficient (Wildman–Crippen LogP) is 2.71. The zero-order valence-corrected chi connectivity index (χ0v) is 13.0. The van der Waals surface area contributed by atoms with E-state index >= 15 is 0 Å². The van der Waals surface area contributed by atoms with Gasteiger partial charge >= 0.3 is 12.0 Å². The van der Waals surface area contributed by atoms with Crippen LogP contribution in [0.15, 0.2) is 0 Å². The number of nitrogens with zero attached hydrogens (tertiary/aromatic N) is 1. The highest BCUT2D eigenvalue weighted by Crippen LogP contribution is 2.30. The second-order valence-electron chi connectivity index (χ2n) is 6.72. The van der Waals surface area contributed by atoms with Crippen LogP contribution in [-0.4, -0.2) is 41.6 Å². The lowest BCUT2D eigenvalue weighted by Crippen LogP contribution is -2.45. The fourth-order valence-corrected chi connectivity index (χ4v) is 3.61. The zero-order chi connectivity index (χ0) is 15.2. The van der Waals surface area contributed by atoms with Crippen molar-refractivity contribution in [2.75, 3.05) is 19.6 Å². The third kappa shape index (κ3) is 4.90. The lowest BCUT2D eigenvalue weighted by atomic mass is 9.92. The first-order chi connectivity index (χ1) is 10.1. The predicted molar refractivity (Wildman–Crippen MR) is 81.1 cm³/mol. The molecule has 0 aromatic carbocycles. The Kier molecular flexibility index (Phi) is 5.88. The summed E-state index contributed by atoms with van der Waals surface area (Å²) in [6.45, 7) is 4.60. The van der Waals surface area contributed by atoms with Crippen LogP contribution in [0.4, 0.5) is 4.79 Å². The SMILES string of the molecule is CC1CCCC1CNC(=O)N1CCC(CCC(=O)O)CC1. The van der Waals surface area contributed by atoms with Gasteiger partial charge in [-0.3, -0.25) is 4.79 Å². The number of hydrogen-bond donors (Lipinski definition) is 2. The molecule has 2 N–H and O–H groups in total. The molecule has 2 aliphatic rings. The average Bonchev–Trinajstić information content (AvgIpc) is 2.88. The molecule has 0 spiro atoms. The van der Waals surface area contributed by atoms with Crippen molar-refractivity contribution in [3.8, 4) is 0 Å². The van der Waals surface area contributed by atoms with E-state index in [9.17, 15) is 9.59 Å². The smallest absolute Gasteiger partial charge is 0.317 e. The Morgan fingerprint density at radius 2 is 1.90 bits per heavy atom. The first kappa shape index (κ1) is 16.1. The second-order valence-corrected chi connectivity index (χ2v) is 6.72. The molecule has 5 nitrogen and oxygen atoms in total. The van der Waals surface area contributed by atoms with E-state index in [1.165, 1.54) is 19.3 Å². The van der Waals surface area contributed by atoms with Gasteiger partial charge in [0.25, 0.3) is 0 Å². The molecular weight excluding hydrogens is 268 g/mol. The number of carboxylic acid groups (broad SMARTS) is 1. The van der Waals surface area contributed by atoms with Crippen LogP contribution >= 0.6 is 0 Å². The number of hydrogen-bond acceptors (Lipinski definition) is 2. The molecular formula is C16H28N2O3. The number of carbonyl (C=O) groups excluding carboxylic acids is 1. The lowest BCUT2D eigenvalue weighted by Gasteiger charge is -2.32. The van der Waals surface area contributed by atoms with Gasteiger partial charge in [-0.1, -0.05) is 19.8 Å². The maximum absolute atomic E-state index is 12.2. The summed E-state index contributed by atoms with van der Waals surface area (Å²) in [4.78, 5) is 24.6. The summed E-state index contributed by atoms with van der Waals surface area (Å²) in [6, 6.07) is 0.0609. The maximum atomic E-state index is 12.2. The Bertz CT molecular complexity index is 365. The molecule has 21 heavy (non-hydrogen) atoms. The van der Waals surface area contributed by atoms with E-state index in [1.807, 2.05) is 4.90 Å². The van der Waals surface area contributed by atoms with Gasteiger partial charge in [0.1, 0.15) is 0 Å². The molecule has 1 saturated heterocycles. The topological polar surface area (TPSA) is 69.6 Å². The molecule has 1 aliphatic carbocycles. The Morgan fingerprint density at radius 1 is 1.19 bits per heavy atom. The summed E-state index contributed by atoms with van der Waals surface area (Å²) in [7, 11) is 0. The van der Waals surface area contributed by atoms with Crippen LogP contribution in [0.5, 0.6) is 0 Å². The van der Waals surface area contributed by atoms with Crippen molar-refractivity contribution < 1.29 is 14.7 Å². The van der Waals surface area contributed by atoms with Crippen LogP contribution in [0.1, 0.15) is 51.9 Å². The van der Waals surface area contributed by atoms with Crippen molar-refractivity contribution in [1.29, 1.82) is 0 Å². The number of rotatable bonds is 5. The van der Waals surface area contributed by atoms with E-state index in [2.05, 4.69) is 12.2 Å². The molecule has 0 aromatic rings. The van der Waals surface area contributed by atoms with Crippen LogP contribution in [0, 0.1) is 17.8 Å². The summed E-state index contributed by atoms with van der Waals surface area (Å²) >= 11 is 0. The molecule has 2 rings (SSSR count). The summed E-state index contributed by atoms with van der Waals surface area (Å²) < 4.78 is 0. The molecule has 0 bridgehead atoms. The summed E-state index contributed by atoms with van der Waals surface area (Å²) in [5, 5.41) is 11.8. The number of carbonyl (C=O) groups is 2. The van der Waals surface area contributed by atoms with Crippen molar-refractivity contribution in [1.82, 2.24) is 10.2 Å². The van der Waals surface area contributed by atoms with Gasteiger partial charge in [-0.05, 0) is 43.4 Å². The van der Waals surface area contributed by atoms with Gasteiger partial charge in [0, 0.05) is 26.1 Å². The Labute approximate surface area is 127 Å². The third-order valence-corrected chi connectivity index (χ3v) is 5.22. The van der Waals surface area contributed by atoms with Gasteiger partial charge in [-0.15, -0.1) is 0 Å². The molecule has 2 fully saturated rings. The van der Waals surface area contributed by atoms with E-state index in [0.717, 1.165) is 44.8 Å². The first-order valence-corrected chi connectivity index (χ1v) is 8.31. The maximum Gasteiger partial charge on any atom is 0.317 e. The van der Waals surface area contributed by atoms with Crippen molar-refractivity contribution in [3.63, 3.8) is 0 Å². The van der Waals surface area contributed by atoms with Gasteiger partial charge in [-0.25, -0.2) is 4.79 Å². The van der Waals surface area contributed by atoms with Crippen LogP contribution in [-0.2, 0) is 4.79 Å². The van der Waals surface area contributed by atoms with E-state index in [1.54, 1.807) is 0 Å². The lowest BCUT2D eigenvalue weighted by molar-refractivity contribution is -0.137. The molecule has 120 valence electrons. The van der Waals surface area contributed by atoms with Crippen molar-refractivity contribution in [2.24, 2.45) is 17.8 Å². The average molecular weight is 296 g/mol. The number of likely N-dealkylation sites (tertiary alicyclic amines) is 1. The van der Waals surface area contributed by atoms with Gasteiger partial charge in [0.15, 0.2) is 0 Å². The van der Waals surface area contributed by atoms with Gasteiger partial charge in [0.05, 0.1) is 0 Å². The highest BCUT2D eigenvalue weighted by Gasteiger charge is 2.26. The van der Waals surface area contributed by atoms with Crippen molar-refractivity contribution in [2.45, 2.75) is 51.9 Å². The number of piperidine rings is 1. The number of aliphatic carboxylic acids is 1. The highest BCUT2D eigenvalue weighted by molar-refractivity contribution is 5.74. The minimum absolute atomic E-state index is 0.0609. The van der Waals surface area contributed by atoms with E-state index < -0.39 is 5.97 Å². The summed E-state index contributed by atoms with van der Waals surface area (Å²) in [5.41, 5.74) is 0. The Morgan fingerprint density at radius 3 is 2.48 bits per heavy atom. The largest absolute Gasteiger partial charge is 0.481 e. The third-order valence-electron chi connectivity index (χ3n) is 5.22. The van der Waals surface area contributed by atoms with Crippen LogP contribution in [0.2, 0.25) is 0 Å². The molecule has 5 heteroatoms. The molecule has 2 amide bonds. The van der Waals surface area contributed by atoms with E-state index in [4.69, 9.17) is 5.11 Å².